The van der Waals surface area contributed by atoms with Gasteiger partial charge in [0.2, 0.25) is 0 Å². The van der Waals surface area contributed by atoms with Gasteiger partial charge in [-0.15, -0.1) is 0 Å². The van der Waals surface area contributed by atoms with Gasteiger partial charge in [0.25, 0.3) is 0 Å². The van der Waals surface area contributed by atoms with E-state index in [0.717, 1.165) is 108 Å². The van der Waals surface area contributed by atoms with Crippen molar-refractivity contribution in [3.63, 3.8) is 0 Å². The zero-order chi connectivity index (χ0) is 67.3. The van der Waals surface area contributed by atoms with Crippen molar-refractivity contribution in [1.82, 2.24) is 0 Å². The first-order valence-corrected chi connectivity index (χ1v) is 40.3. The molecule has 0 heterocycles. The van der Waals surface area contributed by atoms with Gasteiger partial charge in [0.05, 0.1) is 26.4 Å². The number of unbranched alkanes of at least 4 members (excludes halogenated alkanes) is 38. The average molecular weight is 1340 g/mol. The van der Waals surface area contributed by atoms with Gasteiger partial charge in [-0.3, -0.25) is 37.3 Å². The molecule has 0 radical (unpaired) electrons. The predicted molar refractivity (Wildman–Crippen MR) is 368 cm³/mol. The van der Waals surface area contributed by atoms with Crippen molar-refractivity contribution in [2.75, 3.05) is 39.6 Å². The molecule has 19 heteroatoms. The van der Waals surface area contributed by atoms with Crippen molar-refractivity contribution in [3.05, 3.63) is 0 Å². The molecule has 0 aliphatic heterocycles. The van der Waals surface area contributed by atoms with Crippen LogP contribution in [0.3, 0.4) is 0 Å². The number of hydrogen-bond donors (Lipinski definition) is 3. The van der Waals surface area contributed by atoms with E-state index in [4.69, 9.17) is 37.0 Å². The lowest BCUT2D eigenvalue weighted by molar-refractivity contribution is -0.161. The third kappa shape index (κ3) is 66.5. The van der Waals surface area contributed by atoms with E-state index in [0.29, 0.717) is 31.6 Å². The Morgan fingerprint density at radius 3 is 0.747 bits per heavy atom. The number of hydrogen-bond acceptors (Lipinski definition) is 15. The molecule has 0 amide bonds. The zero-order valence-corrected chi connectivity index (χ0v) is 61.1. The first kappa shape index (κ1) is 89.1. The van der Waals surface area contributed by atoms with Crippen LogP contribution in [0.15, 0.2) is 0 Å². The number of phosphoric ester groups is 2. The second-order valence-electron chi connectivity index (χ2n) is 27.4. The minimum absolute atomic E-state index is 0.103. The first-order chi connectivity index (χ1) is 43.7. The smallest absolute Gasteiger partial charge is 0.462 e. The monoisotopic (exact) mass is 1340 g/mol. The summed E-state index contributed by atoms with van der Waals surface area (Å²) in [5.41, 5.74) is 0. The van der Waals surface area contributed by atoms with Crippen molar-refractivity contribution in [1.29, 1.82) is 0 Å². The topological polar surface area (TPSA) is 237 Å². The quantitative estimate of drug-likeness (QED) is 0.0222. The van der Waals surface area contributed by atoms with E-state index >= 15 is 0 Å². The second-order valence-corrected chi connectivity index (χ2v) is 30.3. The fourth-order valence-electron chi connectivity index (χ4n) is 10.9. The average Bonchev–Trinajstić information content (AvgIpc) is 3.60. The molecule has 17 nitrogen and oxygen atoms in total. The van der Waals surface area contributed by atoms with E-state index < -0.39 is 97.5 Å². The van der Waals surface area contributed by atoms with Crippen LogP contribution in [-0.2, 0) is 65.4 Å². The maximum atomic E-state index is 13.0. The maximum absolute atomic E-state index is 13.0. The molecule has 5 atom stereocenters. The number of esters is 4. The minimum atomic E-state index is -4.95. The van der Waals surface area contributed by atoms with Gasteiger partial charge in [0, 0.05) is 25.7 Å². The highest BCUT2D eigenvalue weighted by Gasteiger charge is 2.30. The zero-order valence-electron chi connectivity index (χ0n) is 59.3. The van der Waals surface area contributed by atoms with E-state index in [1.165, 1.54) is 167 Å². The van der Waals surface area contributed by atoms with Crippen molar-refractivity contribution < 1.29 is 80.2 Å². The number of carbonyl (C=O) groups excluding carboxylic acids is 4. The number of carbonyl (C=O) groups is 4. The second kappa shape index (κ2) is 62.8. The molecule has 0 saturated heterocycles. The normalized spacial score (nSPS) is 14.2. The molecule has 540 valence electrons. The standard InChI is InChI=1S/C72H140O17P2/c1-8-9-10-11-12-13-14-15-16-17-18-19-22-26-32-41-48-55-71(76)88-67(59-82-69(74)53-46-39-31-25-23-20-21-24-29-36-43-50-63(2)3)61-86-90(78,79)84-57-66(73)58-85-91(80,81)87-62-68(60-83-70(75)54-47-40-35-34-38-45-52-65(6)7)89-72(77)56-49-42-33-28-27-30-37-44-51-64(4)5/h63-68,73H,8-62H2,1-7H3,(H,78,79)(H,80,81)/t66-,67-,68-/m1/s1. The molecule has 0 saturated carbocycles. The van der Waals surface area contributed by atoms with Gasteiger partial charge in [-0.25, -0.2) is 9.13 Å². The summed E-state index contributed by atoms with van der Waals surface area (Å²) < 4.78 is 68.3. The Kier molecular flexibility index (Phi) is 61.5. The van der Waals surface area contributed by atoms with Crippen LogP contribution in [0.4, 0.5) is 0 Å². The van der Waals surface area contributed by atoms with Crippen LogP contribution >= 0.6 is 15.6 Å². The third-order valence-electron chi connectivity index (χ3n) is 16.6. The molecule has 0 aromatic carbocycles. The van der Waals surface area contributed by atoms with E-state index in [1.807, 2.05) is 0 Å². The van der Waals surface area contributed by atoms with E-state index in [1.54, 1.807) is 0 Å². The summed E-state index contributed by atoms with van der Waals surface area (Å²) in [4.78, 5) is 72.6. The van der Waals surface area contributed by atoms with Crippen molar-refractivity contribution >= 4 is 39.5 Å². The van der Waals surface area contributed by atoms with Crippen LogP contribution < -0.4 is 0 Å². The minimum Gasteiger partial charge on any atom is -0.462 e. The van der Waals surface area contributed by atoms with Crippen molar-refractivity contribution in [3.8, 4) is 0 Å². The number of aliphatic hydroxyl groups excluding tert-OH is 1. The van der Waals surface area contributed by atoms with Gasteiger partial charge in [0.15, 0.2) is 12.2 Å². The lowest BCUT2D eigenvalue weighted by Gasteiger charge is -2.21. The third-order valence-corrected chi connectivity index (χ3v) is 18.5. The fraction of sp³-hybridized carbons (Fsp3) is 0.944. The van der Waals surface area contributed by atoms with Crippen molar-refractivity contribution in [2.45, 2.75) is 381 Å². The maximum Gasteiger partial charge on any atom is 0.472 e. The molecule has 2 unspecified atom stereocenters. The van der Waals surface area contributed by atoms with Gasteiger partial charge in [-0.2, -0.15) is 0 Å². The van der Waals surface area contributed by atoms with Crippen LogP contribution in [0.1, 0.15) is 363 Å². The Bertz CT molecular complexity index is 1780. The molecule has 0 aromatic heterocycles. The molecule has 0 aromatic rings. The lowest BCUT2D eigenvalue weighted by atomic mass is 10.0. The molecular formula is C72H140O17P2. The van der Waals surface area contributed by atoms with Gasteiger partial charge in [0.1, 0.15) is 19.3 Å². The van der Waals surface area contributed by atoms with Crippen molar-refractivity contribution in [2.24, 2.45) is 17.8 Å². The summed E-state index contributed by atoms with van der Waals surface area (Å²) in [5.74, 6) is 0.0422. The van der Waals surface area contributed by atoms with Gasteiger partial charge >= 0.3 is 39.5 Å². The number of rotatable bonds is 70. The molecule has 0 spiro atoms. The molecule has 0 aliphatic rings. The van der Waals surface area contributed by atoms with Gasteiger partial charge in [-0.05, 0) is 43.4 Å². The van der Waals surface area contributed by atoms with Crippen LogP contribution in [0, 0.1) is 17.8 Å². The molecule has 91 heavy (non-hydrogen) atoms. The summed E-state index contributed by atoms with van der Waals surface area (Å²) in [6.07, 6.45) is 47.4. The lowest BCUT2D eigenvalue weighted by Crippen LogP contribution is -2.30. The van der Waals surface area contributed by atoms with Crippen LogP contribution in [-0.4, -0.2) is 96.7 Å². The summed E-state index contributed by atoms with van der Waals surface area (Å²) in [6, 6.07) is 0. The predicted octanol–water partition coefficient (Wildman–Crippen LogP) is 20.6. The Morgan fingerprint density at radius 2 is 0.505 bits per heavy atom. The first-order valence-electron chi connectivity index (χ1n) is 37.3. The van der Waals surface area contributed by atoms with Gasteiger partial charge in [-0.1, -0.05) is 312 Å². The van der Waals surface area contributed by atoms with Crippen LogP contribution in [0.5, 0.6) is 0 Å². The molecule has 0 rings (SSSR count). The van der Waals surface area contributed by atoms with E-state index in [2.05, 4.69) is 48.5 Å². The molecule has 0 bridgehead atoms. The Labute approximate surface area is 556 Å². The Hall–Kier alpha value is -1.94. The summed E-state index contributed by atoms with van der Waals surface area (Å²) in [7, 11) is -9.90. The fourth-order valence-corrected chi connectivity index (χ4v) is 12.5. The highest BCUT2D eigenvalue weighted by atomic mass is 31.2. The summed E-state index contributed by atoms with van der Waals surface area (Å²) >= 11 is 0. The van der Waals surface area contributed by atoms with Crippen LogP contribution in [0.25, 0.3) is 0 Å². The summed E-state index contributed by atoms with van der Waals surface area (Å²) in [5, 5.41) is 10.6. The summed E-state index contributed by atoms with van der Waals surface area (Å²) in [6.45, 7) is 11.7. The Balaban J connectivity index is 5.23. The SMILES string of the molecule is CCCCCCCCCCCCCCCCCCCC(=O)O[C@H](COC(=O)CCCCCCCCCCCCCC(C)C)COP(=O)(O)OC[C@@H](O)COP(=O)(O)OC[C@@H](COC(=O)CCCCCCCCC(C)C)OC(=O)CCCCCCCCCCC(C)C. The number of ether oxygens (including phenoxy) is 4. The molecule has 0 aliphatic carbocycles. The number of phosphoric acid groups is 2. The highest BCUT2D eigenvalue weighted by molar-refractivity contribution is 7.47. The number of aliphatic hydroxyl groups is 1. The van der Waals surface area contributed by atoms with Gasteiger partial charge < -0.3 is 33.8 Å². The molecule has 3 N–H and O–H groups in total. The molecular weight excluding hydrogens is 1200 g/mol. The van der Waals surface area contributed by atoms with Crippen LogP contribution in [0.2, 0.25) is 0 Å². The highest BCUT2D eigenvalue weighted by Crippen LogP contribution is 2.45. The molecule has 0 fully saturated rings. The largest absolute Gasteiger partial charge is 0.472 e. The Morgan fingerprint density at radius 1 is 0.297 bits per heavy atom. The van der Waals surface area contributed by atoms with E-state index in [9.17, 15) is 43.2 Å². The van der Waals surface area contributed by atoms with E-state index in [-0.39, 0.29) is 25.7 Å².